The van der Waals surface area contributed by atoms with Gasteiger partial charge in [-0.05, 0) is 37.5 Å². The summed E-state index contributed by atoms with van der Waals surface area (Å²) in [6.07, 6.45) is 0.756. The molecule has 150 valence electrons. The Hall–Kier alpha value is -2.86. The van der Waals surface area contributed by atoms with Crippen molar-refractivity contribution in [3.05, 3.63) is 70.2 Å². The van der Waals surface area contributed by atoms with Gasteiger partial charge in [0.1, 0.15) is 11.6 Å². The molecule has 29 heavy (non-hydrogen) atoms. The second-order valence-electron chi connectivity index (χ2n) is 7.66. The van der Waals surface area contributed by atoms with Crippen molar-refractivity contribution in [2.24, 2.45) is 0 Å². The Morgan fingerprint density at radius 1 is 1.10 bits per heavy atom. The molecule has 2 aromatic rings. The first-order valence-electron chi connectivity index (χ1n) is 9.59. The summed E-state index contributed by atoms with van der Waals surface area (Å²) in [5, 5.41) is 3.11. The Bertz CT molecular complexity index is 1010. The van der Waals surface area contributed by atoms with Crippen LogP contribution in [0.1, 0.15) is 30.5 Å². The molecule has 0 spiro atoms. The van der Waals surface area contributed by atoms with Crippen LogP contribution in [0, 0.1) is 0 Å². The number of nitrogens with one attached hydrogen (secondary N) is 1. The van der Waals surface area contributed by atoms with Crippen molar-refractivity contribution in [1.29, 1.82) is 0 Å². The zero-order valence-electron chi connectivity index (χ0n) is 16.3. The summed E-state index contributed by atoms with van der Waals surface area (Å²) in [6.45, 7) is 4.25. The first-order valence-corrected chi connectivity index (χ1v) is 9.97. The third-order valence-electron chi connectivity index (χ3n) is 5.82. The molecule has 0 aromatic heterocycles. The maximum Gasteiger partial charge on any atom is 0.326 e. The number of hydrogen-bond donors (Lipinski definition) is 1. The minimum atomic E-state index is -1.31. The van der Waals surface area contributed by atoms with Crippen molar-refractivity contribution in [2.75, 3.05) is 6.54 Å². The van der Waals surface area contributed by atoms with Crippen LogP contribution in [0.4, 0.5) is 4.79 Å². The molecular formula is C22H22ClN3O3. The third-order valence-corrected chi connectivity index (χ3v) is 6.15. The number of carbonyl (C=O) groups excluding carboxylic acids is 3. The monoisotopic (exact) mass is 411 g/mol. The van der Waals surface area contributed by atoms with Crippen molar-refractivity contribution in [3.63, 3.8) is 0 Å². The number of halogens is 1. The topological polar surface area (TPSA) is 69.7 Å². The van der Waals surface area contributed by atoms with E-state index in [1.165, 1.54) is 5.56 Å². The lowest BCUT2D eigenvalue weighted by Gasteiger charge is -2.33. The molecule has 1 saturated heterocycles. The van der Waals surface area contributed by atoms with Crippen LogP contribution in [-0.2, 0) is 28.1 Å². The number of hydrogen-bond acceptors (Lipinski definition) is 3. The van der Waals surface area contributed by atoms with Gasteiger partial charge in [0.25, 0.3) is 5.91 Å². The lowest BCUT2D eigenvalue weighted by atomic mass is 9.91. The number of urea groups is 1. The third kappa shape index (κ3) is 3.17. The van der Waals surface area contributed by atoms with E-state index < -0.39 is 23.5 Å². The van der Waals surface area contributed by atoms with E-state index in [0.29, 0.717) is 23.7 Å². The van der Waals surface area contributed by atoms with Crippen LogP contribution in [0.5, 0.6) is 0 Å². The number of fused-ring (bicyclic) bond motifs is 1. The number of benzene rings is 2. The molecule has 0 unspecified atom stereocenters. The van der Waals surface area contributed by atoms with E-state index in [9.17, 15) is 14.4 Å². The molecule has 0 saturated carbocycles. The number of carbonyl (C=O) groups is 3. The standard InChI is InChI=1S/C22H22ClN3O3/c1-14(19(27)25-12-11-15-7-3-4-8-16(15)13-25)26-20(28)22(2,24-21(26)29)17-9-5-6-10-18(17)23/h3-10,14H,11-13H2,1-2H3,(H,24,29)/t14-,22-/m1/s1. The molecule has 0 radical (unpaired) electrons. The first kappa shape index (κ1) is 19.5. The average Bonchev–Trinajstić information content (AvgIpc) is 2.95. The Morgan fingerprint density at radius 3 is 2.48 bits per heavy atom. The van der Waals surface area contributed by atoms with Crippen molar-refractivity contribution in [1.82, 2.24) is 15.1 Å². The molecular weight excluding hydrogens is 390 g/mol. The molecule has 6 nitrogen and oxygen atoms in total. The fourth-order valence-electron chi connectivity index (χ4n) is 4.12. The summed E-state index contributed by atoms with van der Waals surface area (Å²) in [6, 6.07) is 13.4. The Morgan fingerprint density at radius 2 is 1.76 bits per heavy atom. The summed E-state index contributed by atoms with van der Waals surface area (Å²) < 4.78 is 0. The predicted molar refractivity (Wildman–Crippen MR) is 109 cm³/mol. The van der Waals surface area contributed by atoms with Crippen molar-refractivity contribution in [2.45, 2.75) is 38.4 Å². The zero-order valence-corrected chi connectivity index (χ0v) is 17.1. The smallest absolute Gasteiger partial charge is 0.326 e. The largest absolute Gasteiger partial charge is 0.336 e. The van der Waals surface area contributed by atoms with Crippen LogP contribution in [0.2, 0.25) is 5.02 Å². The fourth-order valence-corrected chi connectivity index (χ4v) is 4.44. The quantitative estimate of drug-likeness (QED) is 0.789. The minimum Gasteiger partial charge on any atom is -0.336 e. The highest BCUT2D eigenvalue weighted by molar-refractivity contribution is 6.32. The van der Waals surface area contributed by atoms with Gasteiger partial charge in [-0.2, -0.15) is 0 Å². The maximum absolute atomic E-state index is 13.2. The van der Waals surface area contributed by atoms with Crippen LogP contribution in [-0.4, -0.2) is 40.2 Å². The molecule has 4 rings (SSSR count). The maximum atomic E-state index is 13.2. The van der Waals surface area contributed by atoms with Gasteiger partial charge in [-0.1, -0.05) is 54.1 Å². The van der Waals surface area contributed by atoms with Crippen LogP contribution in [0.25, 0.3) is 0 Å². The van der Waals surface area contributed by atoms with Crippen LogP contribution >= 0.6 is 11.6 Å². The van der Waals surface area contributed by atoms with Crippen LogP contribution < -0.4 is 5.32 Å². The predicted octanol–water partition coefficient (Wildman–Crippen LogP) is 3.08. The summed E-state index contributed by atoms with van der Waals surface area (Å²) in [5.74, 6) is -0.722. The molecule has 4 amide bonds. The van der Waals surface area contributed by atoms with Gasteiger partial charge >= 0.3 is 6.03 Å². The van der Waals surface area contributed by atoms with E-state index in [-0.39, 0.29) is 5.91 Å². The van der Waals surface area contributed by atoms with E-state index in [0.717, 1.165) is 16.9 Å². The van der Waals surface area contributed by atoms with E-state index >= 15 is 0 Å². The van der Waals surface area contributed by atoms with Gasteiger partial charge in [0.2, 0.25) is 5.91 Å². The molecule has 7 heteroatoms. The molecule has 2 aromatic carbocycles. The molecule has 2 heterocycles. The second-order valence-corrected chi connectivity index (χ2v) is 8.07. The Labute approximate surface area is 174 Å². The number of rotatable bonds is 3. The van der Waals surface area contributed by atoms with Crippen LogP contribution in [0.3, 0.4) is 0 Å². The van der Waals surface area contributed by atoms with Gasteiger partial charge in [0.15, 0.2) is 0 Å². The highest BCUT2D eigenvalue weighted by Gasteiger charge is 2.52. The van der Waals surface area contributed by atoms with Gasteiger partial charge < -0.3 is 10.2 Å². The molecule has 0 aliphatic carbocycles. The van der Waals surface area contributed by atoms with Gasteiger partial charge in [0, 0.05) is 23.7 Å². The lowest BCUT2D eigenvalue weighted by Crippen LogP contribution is -2.51. The SMILES string of the molecule is C[C@H](C(=O)N1CCc2ccccc2C1)N1C(=O)N[C@](C)(c2ccccc2Cl)C1=O. The molecule has 0 bridgehead atoms. The summed E-state index contributed by atoms with van der Waals surface area (Å²) >= 11 is 6.27. The minimum absolute atomic E-state index is 0.244. The van der Waals surface area contributed by atoms with Crippen molar-refractivity contribution in [3.8, 4) is 0 Å². The normalized spacial score (nSPS) is 22.3. The lowest BCUT2D eigenvalue weighted by molar-refractivity contribution is -0.143. The van der Waals surface area contributed by atoms with Gasteiger partial charge in [-0.25, -0.2) is 9.69 Å². The molecule has 2 aliphatic heterocycles. The zero-order chi connectivity index (χ0) is 20.8. The second kappa shape index (κ2) is 7.19. The van der Waals surface area contributed by atoms with Gasteiger partial charge in [-0.3, -0.25) is 9.59 Å². The molecule has 1 fully saturated rings. The number of nitrogens with zero attached hydrogens (tertiary/aromatic N) is 2. The van der Waals surface area contributed by atoms with E-state index in [1.807, 2.05) is 18.2 Å². The Kier molecular flexibility index (Phi) is 4.82. The average molecular weight is 412 g/mol. The number of imide groups is 1. The van der Waals surface area contributed by atoms with Crippen molar-refractivity contribution >= 4 is 29.4 Å². The summed E-state index contributed by atoms with van der Waals surface area (Å²) in [5.41, 5.74) is 1.52. The van der Waals surface area contributed by atoms with Crippen molar-refractivity contribution < 1.29 is 14.4 Å². The van der Waals surface area contributed by atoms with Crippen LogP contribution in [0.15, 0.2) is 48.5 Å². The summed E-state index contributed by atoms with van der Waals surface area (Å²) in [4.78, 5) is 41.8. The van der Waals surface area contributed by atoms with Gasteiger partial charge in [0.05, 0.1) is 0 Å². The van der Waals surface area contributed by atoms with E-state index in [1.54, 1.807) is 43.0 Å². The molecule has 2 aliphatic rings. The highest BCUT2D eigenvalue weighted by Crippen LogP contribution is 2.34. The van der Waals surface area contributed by atoms with E-state index in [2.05, 4.69) is 11.4 Å². The first-order chi connectivity index (χ1) is 13.8. The van der Waals surface area contributed by atoms with E-state index in [4.69, 9.17) is 11.6 Å². The molecule has 1 N–H and O–H groups in total. The summed E-state index contributed by atoms with van der Waals surface area (Å²) in [7, 11) is 0. The number of amides is 4. The fraction of sp³-hybridized carbons (Fsp3) is 0.318. The molecule has 2 atom stereocenters. The highest BCUT2D eigenvalue weighted by atomic mass is 35.5. The van der Waals surface area contributed by atoms with Gasteiger partial charge in [-0.15, -0.1) is 0 Å². The Balaban J connectivity index is 1.57.